The largest absolute Gasteiger partial charge is 0.338 e. The van der Waals surface area contributed by atoms with Crippen molar-refractivity contribution >= 4 is 29.2 Å². The Labute approximate surface area is 202 Å². The molecule has 0 amide bonds. The number of para-hydroxylation sites is 1. The van der Waals surface area contributed by atoms with Crippen molar-refractivity contribution in [3.8, 4) is 5.69 Å². The second-order valence-corrected chi connectivity index (χ2v) is 8.66. The molecule has 4 aromatic rings. The van der Waals surface area contributed by atoms with Crippen LogP contribution in [0.1, 0.15) is 12.2 Å². The average molecular weight is 475 g/mol. The van der Waals surface area contributed by atoms with Crippen LogP contribution in [0.15, 0.2) is 59.8 Å². The van der Waals surface area contributed by atoms with Gasteiger partial charge in [-0.25, -0.2) is 19.9 Å². The summed E-state index contributed by atoms with van der Waals surface area (Å²) >= 11 is 5.80. The SMILES string of the molecule is Cc1ncc2c(=O)n(CCCN3CCN(c4ncccn4)CC3)c(=S)n(-c3ccccc3)c2n1. The predicted octanol–water partition coefficient (Wildman–Crippen LogP) is 2.62. The topological polar surface area (TPSA) is 85.0 Å². The minimum Gasteiger partial charge on any atom is -0.338 e. The van der Waals surface area contributed by atoms with E-state index in [1.54, 1.807) is 23.2 Å². The fourth-order valence-electron chi connectivity index (χ4n) is 4.31. The quantitative estimate of drug-likeness (QED) is 0.394. The summed E-state index contributed by atoms with van der Waals surface area (Å²) < 4.78 is 4.00. The lowest BCUT2D eigenvalue weighted by Gasteiger charge is -2.34. The van der Waals surface area contributed by atoms with Crippen molar-refractivity contribution in [2.75, 3.05) is 37.6 Å². The van der Waals surface area contributed by atoms with E-state index in [0.29, 0.717) is 28.2 Å². The zero-order valence-electron chi connectivity index (χ0n) is 19.0. The molecule has 0 radical (unpaired) electrons. The Morgan fingerprint density at radius 1 is 0.941 bits per heavy atom. The standard InChI is InChI=1S/C24H26N8OS/c1-18-27-17-20-21(28-18)32(19-7-3-2-4-8-19)24(34)31(22(20)33)12-6-11-29-13-15-30(16-14-29)23-25-9-5-10-26-23/h2-5,7-10,17H,6,11-16H2,1H3. The lowest BCUT2D eigenvalue weighted by molar-refractivity contribution is 0.248. The molecule has 1 fully saturated rings. The number of piperazine rings is 1. The van der Waals surface area contributed by atoms with E-state index in [1.165, 1.54) is 0 Å². The summed E-state index contributed by atoms with van der Waals surface area (Å²) in [4.78, 5) is 35.4. The number of hydrogen-bond acceptors (Lipinski definition) is 8. The highest BCUT2D eigenvalue weighted by Gasteiger charge is 2.19. The van der Waals surface area contributed by atoms with Crippen LogP contribution in [-0.4, -0.2) is 66.7 Å². The molecule has 1 aliphatic heterocycles. The van der Waals surface area contributed by atoms with Gasteiger partial charge in [0.2, 0.25) is 5.95 Å². The van der Waals surface area contributed by atoms with Gasteiger partial charge in [0.1, 0.15) is 11.2 Å². The zero-order valence-corrected chi connectivity index (χ0v) is 19.9. The number of aryl methyl sites for hydroxylation is 1. The van der Waals surface area contributed by atoms with Gasteiger partial charge in [0.25, 0.3) is 5.56 Å². The molecule has 3 aromatic heterocycles. The van der Waals surface area contributed by atoms with Crippen molar-refractivity contribution in [1.82, 2.24) is 34.0 Å². The Morgan fingerprint density at radius 3 is 2.41 bits per heavy atom. The number of fused-ring (bicyclic) bond motifs is 1. The van der Waals surface area contributed by atoms with Crippen molar-refractivity contribution in [3.05, 3.63) is 75.9 Å². The summed E-state index contributed by atoms with van der Waals surface area (Å²) in [7, 11) is 0. The molecule has 5 rings (SSSR count). The Bertz CT molecular complexity index is 1400. The van der Waals surface area contributed by atoms with Crippen molar-refractivity contribution in [1.29, 1.82) is 0 Å². The molecule has 174 valence electrons. The van der Waals surface area contributed by atoms with Crippen LogP contribution in [0.25, 0.3) is 16.7 Å². The Balaban J connectivity index is 1.34. The first-order chi connectivity index (χ1) is 16.6. The third-order valence-corrected chi connectivity index (χ3v) is 6.48. The lowest BCUT2D eigenvalue weighted by Crippen LogP contribution is -2.47. The maximum Gasteiger partial charge on any atom is 0.265 e. The molecule has 0 unspecified atom stereocenters. The fourth-order valence-corrected chi connectivity index (χ4v) is 4.67. The molecule has 34 heavy (non-hydrogen) atoms. The third kappa shape index (κ3) is 4.46. The van der Waals surface area contributed by atoms with Gasteiger partial charge >= 0.3 is 0 Å². The highest BCUT2D eigenvalue weighted by Crippen LogP contribution is 2.16. The van der Waals surface area contributed by atoms with Gasteiger partial charge in [-0.05, 0) is 50.3 Å². The van der Waals surface area contributed by atoms with Gasteiger partial charge in [-0.2, -0.15) is 0 Å². The van der Waals surface area contributed by atoms with Crippen molar-refractivity contribution in [2.24, 2.45) is 0 Å². The van der Waals surface area contributed by atoms with E-state index < -0.39 is 0 Å². The maximum absolute atomic E-state index is 13.3. The van der Waals surface area contributed by atoms with Crippen LogP contribution in [0.4, 0.5) is 5.95 Å². The molecule has 0 saturated carbocycles. The van der Waals surface area contributed by atoms with Crippen molar-refractivity contribution < 1.29 is 0 Å². The van der Waals surface area contributed by atoms with Crippen LogP contribution in [0.2, 0.25) is 0 Å². The first-order valence-electron chi connectivity index (χ1n) is 11.4. The highest BCUT2D eigenvalue weighted by molar-refractivity contribution is 7.71. The van der Waals surface area contributed by atoms with Gasteiger partial charge in [0.15, 0.2) is 10.4 Å². The first-order valence-corrected chi connectivity index (χ1v) is 11.8. The highest BCUT2D eigenvalue weighted by atomic mass is 32.1. The summed E-state index contributed by atoms with van der Waals surface area (Å²) in [6.07, 6.45) is 5.97. The molecule has 0 bridgehead atoms. The average Bonchev–Trinajstić information content (AvgIpc) is 2.87. The van der Waals surface area contributed by atoms with Crippen LogP contribution in [-0.2, 0) is 6.54 Å². The number of anilines is 1. The lowest BCUT2D eigenvalue weighted by atomic mass is 10.2. The minimum absolute atomic E-state index is 0.141. The maximum atomic E-state index is 13.3. The fraction of sp³-hybridized carbons (Fsp3) is 0.333. The van der Waals surface area contributed by atoms with E-state index in [4.69, 9.17) is 12.2 Å². The van der Waals surface area contributed by atoms with E-state index in [0.717, 1.165) is 50.8 Å². The van der Waals surface area contributed by atoms with E-state index >= 15 is 0 Å². The molecular weight excluding hydrogens is 448 g/mol. The van der Waals surface area contributed by atoms with Crippen LogP contribution >= 0.6 is 12.2 Å². The smallest absolute Gasteiger partial charge is 0.265 e. The molecule has 0 atom stereocenters. The number of aromatic nitrogens is 6. The molecular formula is C24H26N8OS. The molecule has 1 saturated heterocycles. The van der Waals surface area contributed by atoms with E-state index in [9.17, 15) is 4.79 Å². The van der Waals surface area contributed by atoms with Crippen LogP contribution in [0, 0.1) is 11.7 Å². The zero-order chi connectivity index (χ0) is 23.5. The second kappa shape index (κ2) is 9.78. The predicted molar refractivity (Wildman–Crippen MR) is 134 cm³/mol. The summed E-state index contributed by atoms with van der Waals surface area (Å²) in [5.41, 5.74) is 1.28. The first kappa shape index (κ1) is 22.3. The Kier molecular flexibility index (Phi) is 6.41. The molecule has 1 aliphatic rings. The Morgan fingerprint density at radius 2 is 1.68 bits per heavy atom. The molecule has 0 N–H and O–H groups in total. The molecule has 0 spiro atoms. The molecule has 4 heterocycles. The summed E-state index contributed by atoms with van der Waals surface area (Å²) in [6, 6.07) is 11.6. The summed E-state index contributed by atoms with van der Waals surface area (Å²) in [6.45, 7) is 6.88. The van der Waals surface area contributed by atoms with Crippen molar-refractivity contribution in [3.63, 3.8) is 0 Å². The third-order valence-electron chi connectivity index (χ3n) is 6.08. The monoisotopic (exact) mass is 474 g/mol. The molecule has 1 aromatic carbocycles. The number of nitrogens with zero attached hydrogens (tertiary/aromatic N) is 8. The van der Waals surface area contributed by atoms with Gasteiger partial charge in [-0.15, -0.1) is 0 Å². The normalized spacial score (nSPS) is 14.6. The van der Waals surface area contributed by atoms with Crippen LogP contribution < -0.4 is 10.5 Å². The van der Waals surface area contributed by atoms with Gasteiger partial charge < -0.3 is 4.90 Å². The molecule has 10 heteroatoms. The Hall–Kier alpha value is -3.50. The van der Waals surface area contributed by atoms with Crippen molar-refractivity contribution in [2.45, 2.75) is 19.9 Å². The van der Waals surface area contributed by atoms with E-state index in [2.05, 4.69) is 29.7 Å². The van der Waals surface area contributed by atoms with Gasteiger partial charge in [0, 0.05) is 57.0 Å². The number of hydrogen-bond donors (Lipinski definition) is 0. The van der Waals surface area contributed by atoms with Gasteiger partial charge in [-0.1, -0.05) is 18.2 Å². The van der Waals surface area contributed by atoms with Crippen LogP contribution in [0.5, 0.6) is 0 Å². The number of rotatable bonds is 6. The van der Waals surface area contributed by atoms with E-state index in [-0.39, 0.29) is 5.56 Å². The molecule has 9 nitrogen and oxygen atoms in total. The minimum atomic E-state index is -0.141. The van der Waals surface area contributed by atoms with Gasteiger partial charge in [-0.3, -0.25) is 18.8 Å². The summed E-state index contributed by atoms with van der Waals surface area (Å²) in [5.74, 6) is 1.38. The summed E-state index contributed by atoms with van der Waals surface area (Å²) in [5, 5.41) is 0.472. The second-order valence-electron chi connectivity index (χ2n) is 8.30. The van der Waals surface area contributed by atoms with E-state index in [1.807, 2.05) is 47.9 Å². The van der Waals surface area contributed by atoms with Crippen LogP contribution in [0.3, 0.4) is 0 Å². The number of benzene rings is 1. The van der Waals surface area contributed by atoms with Gasteiger partial charge in [0.05, 0.1) is 0 Å². The molecule has 0 aliphatic carbocycles.